The quantitative estimate of drug-likeness (QED) is 0.770. The van der Waals surface area contributed by atoms with Crippen molar-refractivity contribution >= 4 is 5.69 Å². The van der Waals surface area contributed by atoms with E-state index in [2.05, 4.69) is 17.0 Å². The molecule has 0 aromatic heterocycles. The predicted molar refractivity (Wildman–Crippen MR) is 67.0 cm³/mol. The molecular weight excluding hydrogens is 196 g/mol. The highest BCUT2D eigenvalue weighted by Crippen LogP contribution is 2.45. The number of para-hydroxylation sites is 1. The molecular formula is C14H20N2. The van der Waals surface area contributed by atoms with Gasteiger partial charge in [0.2, 0.25) is 0 Å². The summed E-state index contributed by atoms with van der Waals surface area (Å²) in [4.78, 5) is 2.54. The molecule has 0 amide bonds. The van der Waals surface area contributed by atoms with Gasteiger partial charge in [0, 0.05) is 25.3 Å². The number of nitrogens with two attached hydrogens (primary N) is 1. The Hall–Kier alpha value is -1.02. The van der Waals surface area contributed by atoms with Crippen molar-refractivity contribution in [1.29, 1.82) is 0 Å². The van der Waals surface area contributed by atoms with Crippen LogP contribution in [0.3, 0.4) is 0 Å². The molecule has 1 saturated heterocycles. The fourth-order valence-electron chi connectivity index (χ4n) is 3.37. The Balaban J connectivity index is 1.60. The molecule has 1 aromatic rings. The first-order valence-electron chi connectivity index (χ1n) is 6.33. The van der Waals surface area contributed by atoms with E-state index in [-0.39, 0.29) is 0 Å². The summed E-state index contributed by atoms with van der Waals surface area (Å²) < 4.78 is 0. The second-order valence-electron chi connectivity index (χ2n) is 5.55. The molecule has 16 heavy (non-hydrogen) atoms. The fraction of sp³-hybridized carbons (Fsp3) is 0.571. The van der Waals surface area contributed by atoms with Gasteiger partial charge in [-0.3, -0.25) is 4.90 Å². The molecule has 0 atom stereocenters. The Morgan fingerprint density at radius 3 is 2.50 bits per heavy atom. The first-order chi connectivity index (χ1) is 7.77. The van der Waals surface area contributed by atoms with E-state index in [0.717, 1.165) is 12.2 Å². The van der Waals surface area contributed by atoms with E-state index in [1.807, 2.05) is 12.1 Å². The Morgan fingerprint density at radius 2 is 1.81 bits per heavy atom. The van der Waals surface area contributed by atoms with Crippen LogP contribution in [0.2, 0.25) is 0 Å². The molecule has 1 aromatic carbocycles. The largest absolute Gasteiger partial charge is 0.398 e. The maximum absolute atomic E-state index is 5.97. The molecule has 1 spiro atoms. The van der Waals surface area contributed by atoms with Crippen LogP contribution < -0.4 is 5.73 Å². The highest BCUT2D eigenvalue weighted by atomic mass is 15.2. The van der Waals surface area contributed by atoms with Gasteiger partial charge in [-0.2, -0.15) is 0 Å². The van der Waals surface area contributed by atoms with Gasteiger partial charge in [-0.1, -0.05) is 31.0 Å². The first-order valence-corrected chi connectivity index (χ1v) is 6.33. The van der Waals surface area contributed by atoms with Crippen molar-refractivity contribution in [3.63, 3.8) is 0 Å². The number of nitrogens with zero attached hydrogens (tertiary/aromatic N) is 1. The Kier molecular flexibility index (Phi) is 2.40. The van der Waals surface area contributed by atoms with Gasteiger partial charge in [0.15, 0.2) is 0 Å². The molecule has 0 radical (unpaired) electrons. The summed E-state index contributed by atoms with van der Waals surface area (Å²) in [6, 6.07) is 8.24. The summed E-state index contributed by atoms with van der Waals surface area (Å²) in [5, 5.41) is 0. The van der Waals surface area contributed by atoms with E-state index in [9.17, 15) is 0 Å². The van der Waals surface area contributed by atoms with Crippen LogP contribution in [0.15, 0.2) is 24.3 Å². The molecule has 1 heterocycles. The lowest BCUT2D eigenvalue weighted by atomic mass is 9.78. The normalized spacial score (nSPS) is 23.5. The standard InChI is InChI=1S/C14H20N2/c15-13-6-2-1-5-12(13)9-16-10-14(11-16)7-3-4-8-14/h1-2,5-6H,3-4,7-11,15H2. The lowest BCUT2D eigenvalue weighted by Crippen LogP contribution is -2.54. The third-order valence-corrected chi connectivity index (χ3v) is 4.23. The molecule has 2 N–H and O–H groups in total. The van der Waals surface area contributed by atoms with Crippen LogP contribution in [0, 0.1) is 5.41 Å². The maximum Gasteiger partial charge on any atom is 0.0359 e. The number of rotatable bonds is 2. The highest BCUT2D eigenvalue weighted by Gasteiger charge is 2.44. The van der Waals surface area contributed by atoms with Gasteiger partial charge in [-0.05, 0) is 29.9 Å². The Labute approximate surface area is 97.4 Å². The van der Waals surface area contributed by atoms with Crippen molar-refractivity contribution in [2.24, 2.45) is 5.41 Å². The fourth-order valence-corrected chi connectivity index (χ4v) is 3.37. The lowest BCUT2D eigenvalue weighted by Gasteiger charge is -2.48. The maximum atomic E-state index is 5.97. The van der Waals surface area contributed by atoms with Crippen LogP contribution in [0.1, 0.15) is 31.2 Å². The molecule has 0 unspecified atom stereocenters. The minimum Gasteiger partial charge on any atom is -0.398 e. The van der Waals surface area contributed by atoms with E-state index < -0.39 is 0 Å². The number of hydrogen-bond donors (Lipinski definition) is 1. The molecule has 1 aliphatic carbocycles. The van der Waals surface area contributed by atoms with Crippen molar-refractivity contribution in [3.05, 3.63) is 29.8 Å². The zero-order chi connectivity index (χ0) is 11.0. The number of likely N-dealkylation sites (tertiary alicyclic amines) is 1. The smallest absolute Gasteiger partial charge is 0.0359 e. The zero-order valence-corrected chi connectivity index (χ0v) is 9.78. The molecule has 2 aliphatic rings. The summed E-state index contributed by atoms with van der Waals surface area (Å²) >= 11 is 0. The van der Waals surface area contributed by atoms with Crippen molar-refractivity contribution in [2.45, 2.75) is 32.2 Å². The van der Waals surface area contributed by atoms with Crippen LogP contribution in [-0.4, -0.2) is 18.0 Å². The monoisotopic (exact) mass is 216 g/mol. The topological polar surface area (TPSA) is 29.3 Å². The van der Waals surface area contributed by atoms with Crippen LogP contribution in [0.4, 0.5) is 5.69 Å². The van der Waals surface area contributed by atoms with Gasteiger partial charge in [0.25, 0.3) is 0 Å². The van der Waals surface area contributed by atoms with Gasteiger partial charge < -0.3 is 5.73 Å². The highest BCUT2D eigenvalue weighted by molar-refractivity contribution is 5.46. The van der Waals surface area contributed by atoms with E-state index in [1.54, 1.807) is 0 Å². The van der Waals surface area contributed by atoms with Crippen LogP contribution >= 0.6 is 0 Å². The summed E-state index contributed by atoms with van der Waals surface area (Å²) in [5.41, 5.74) is 8.89. The first kappa shape index (κ1) is 10.2. The van der Waals surface area contributed by atoms with Crippen LogP contribution in [0.5, 0.6) is 0 Å². The van der Waals surface area contributed by atoms with E-state index in [0.29, 0.717) is 5.41 Å². The van der Waals surface area contributed by atoms with Crippen LogP contribution in [-0.2, 0) is 6.54 Å². The minimum atomic E-state index is 0.698. The third kappa shape index (κ3) is 1.71. The molecule has 2 heteroatoms. The minimum absolute atomic E-state index is 0.698. The van der Waals surface area contributed by atoms with Gasteiger partial charge in [0.05, 0.1) is 0 Å². The summed E-state index contributed by atoms with van der Waals surface area (Å²) in [6.07, 6.45) is 5.80. The summed E-state index contributed by atoms with van der Waals surface area (Å²) in [5.74, 6) is 0. The number of nitrogen functional groups attached to an aromatic ring is 1. The summed E-state index contributed by atoms with van der Waals surface area (Å²) in [6.45, 7) is 3.62. The second-order valence-corrected chi connectivity index (χ2v) is 5.55. The summed E-state index contributed by atoms with van der Waals surface area (Å²) in [7, 11) is 0. The van der Waals surface area contributed by atoms with Crippen LogP contribution in [0.25, 0.3) is 0 Å². The van der Waals surface area contributed by atoms with E-state index in [4.69, 9.17) is 5.73 Å². The van der Waals surface area contributed by atoms with Gasteiger partial charge in [-0.15, -0.1) is 0 Å². The van der Waals surface area contributed by atoms with Gasteiger partial charge in [0.1, 0.15) is 0 Å². The Morgan fingerprint density at radius 1 is 1.12 bits per heavy atom. The molecule has 2 nitrogen and oxygen atoms in total. The Bertz CT molecular complexity index is 372. The number of anilines is 1. The van der Waals surface area contributed by atoms with Crippen molar-refractivity contribution in [3.8, 4) is 0 Å². The van der Waals surface area contributed by atoms with Gasteiger partial charge >= 0.3 is 0 Å². The molecule has 1 saturated carbocycles. The zero-order valence-electron chi connectivity index (χ0n) is 9.78. The molecule has 0 bridgehead atoms. The predicted octanol–water partition coefficient (Wildman–Crippen LogP) is 2.64. The van der Waals surface area contributed by atoms with E-state index >= 15 is 0 Å². The van der Waals surface area contributed by atoms with Crippen molar-refractivity contribution in [1.82, 2.24) is 4.90 Å². The third-order valence-electron chi connectivity index (χ3n) is 4.23. The average molecular weight is 216 g/mol. The number of benzene rings is 1. The van der Waals surface area contributed by atoms with Crippen molar-refractivity contribution in [2.75, 3.05) is 18.8 Å². The number of hydrogen-bond acceptors (Lipinski definition) is 2. The van der Waals surface area contributed by atoms with E-state index in [1.165, 1.54) is 44.3 Å². The SMILES string of the molecule is Nc1ccccc1CN1CC2(CCCC2)C1. The average Bonchev–Trinajstić information content (AvgIpc) is 2.70. The molecule has 1 aliphatic heterocycles. The lowest BCUT2D eigenvalue weighted by molar-refractivity contribution is -0.000103. The second kappa shape index (κ2) is 3.77. The van der Waals surface area contributed by atoms with Gasteiger partial charge in [-0.25, -0.2) is 0 Å². The molecule has 2 fully saturated rings. The molecule has 3 rings (SSSR count). The van der Waals surface area contributed by atoms with Crippen molar-refractivity contribution < 1.29 is 0 Å². The molecule has 86 valence electrons.